The van der Waals surface area contributed by atoms with Crippen LogP contribution in [-0.4, -0.2) is 25.3 Å². The van der Waals surface area contributed by atoms with Crippen LogP contribution in [0.25, 0.3) is 5.52 Å². The number of nitrogens with zero attached hydrogens (tertiary/aromatic N) is 3. The second-order valence-electron chi connectivity index (χ2n) is 3.81. The Bertz CT molecular complexity index is 585. The summed E-state index contributed by atoms with van der Waals surface area (Å²) in [5.74, 6) is -0.802. The molecular formula is C11H13N3O3. The molecule has 0 unspecified atom stereocenters. The molecule has 0 aromatic carbocycles. The molecule has 0 saturated carbocycles. The number of carboxylic acid groups (broad SMARTS) is 1. The summed E-state index contributed by atoms with van der Waals surface area (Å²) in [5, 5.41) is 12.5. The number of aryl methyl sites for hydroxylation is 1. The van der Waals surface area contributed by atoms with Gasteiger partial charge in [0.1, 0.15) is 5.52 Å². The van der Waals surface area contributed by atoms with Crippen LogP contribution >= 0.6 is 0 Å². The minimum atomic E-state index is -0.802. The zero-order valence-corrected chi connectivity index (χ0v) is 9.24. The smallest absolute Gasteiger partial charge is 0.303 e. The van der Waals surface area contributed by atoms with Crippen LogP contribution in [0.15, 0.2) is 29.5 Å². The van der Waals surface area contributed by atoms with Gasteiger partial charge in [-0.25, -0.2) is 4.52 Å². The van der Waals surface area contributed by atoms with Gasteiger partial charge in [-0.05, 0) is 18.9 Å². The third-order valence-corrected chi connectivity index (χ3v) is 2.58. The van der Waals surface area contributed by atoms with Crippen LogP contribution in [0.3, 0.4) is 0 Å². The Kier molecular flexibility index (Phi) is 3.22. The van der Waals surface area contributed by atoms with Gasteiger partial charge in [-0.15, -0.1) is 0 Å². The third-order valence-electron chi connectivity index (χ3n) is 2.58. The normalized spacial score (nSPS) is 10.8. The Morgan fingerprint density at radius 2 is 2.18 bits per heavy atom. The molecule has 2 aromatic rings. The lowest BCUT2D eigenvalue weighted by Crippen LogP contribution is -2.21. The Morgan fingerprint density at radius 1 is 1.35 bits per heavy atom. The molecule has 0 atom stereocenters. The molecule has 0 spiro atoms. The van der Waals surface area contributed by atoms with Gasteiger partial charge < -0.3 is 9.67 Å². The van der Waals surface area contributed by atoms with Crippen LogP contribution in [0.5, 0.6) is 0 Å². The highest BCUT2D eigenvalue weighted by molar-refractivity contribution is 5.66. The molecule has 0 saturated heterocycles. The van der Waals surface area contributed by atoms with Crippen LogP contribution in [0, 0.1) is 0 Å². The van der Waals surface area contributed by atoms with Crippen molar-refractivity contribution in [2.75, 3.05) is 0 Å². The molecule has 2 aromatic heterocycles. The van der Waals surface area contributed by atoms with E-state index >= 15 is 0 Å². The molecular weight excluding hydrogens is 222 g/mol. The monoisotopic (exact) mass is 235 g/mol. The van der Waals surface area contributed by atoms with Crippen molar-refractivity contribution in [3.8, 4) is 0 Å². The van der Waals surface area contributed by atoms with Crippen molar-refractivity contribution in [2.45, 2.75) is 25.8 Å². The van der Waals surface area contributed by atoms with Gasteiger partial charge in [0.05, 0.1) is 6.20 Å². The van der Waals surface area contributed by atoms with Crippen LogP contribution < -0.4 is 5.56 Å². The highest BCUT2D eigenvalue weighted by atomic mass is 16.4. The van der Waals surface area contributed by atoms with Gasteiger partial charge in [0.15, 0.2) is 0 Å². The van der Waals surface area contributed by atoms with E-state index in [1.807, 2.05) is 0 Å². The summed E-state index contributed by atoms with van der Waals surface area (Å²) >= 11 is 0. The largest absolute Gasteiger partial charge is 0.481 e. The number of rotatable bonds is 5. The van der Waals surface area contributed by atoms with E-state index in [2.05, 4.69) is 5.10 Å². The molecule has 1 N–H and O–H groups in total. The van der Waals surface area contributed by atoms with Crippen molar-refractivity contribution >= 4 is 11.5 Å². The molecule has 6 heteroatoms. The van der Waals surface area contributed by atoms with Gasteiger partial charge in [-0.1, -0.05) is 0 Å². The van der Waals surface area contributed by atoms with E-state index in [1.54, 1.807) is 29.2 Å². The molecule has 2 heterocycles. The first-order valence-corrected chi connectivity index (χ1v) is 5.43. The lowest BCUT2D eigenvalue weighted by molar-refractivity contribution is -0.137. The topological polar surface area (TPSA) is 76.6 Å². The summed E-state index contributed by atoms with van der Waals surface area (Å²) < 4.78 is 3.11. The molecule has 17 heavy (non-hydrogen) atoms. The molecule has 0 aliphatic heterocycles. The lowest BCUT2D eigenvalue weighted by atomic mass is 10.2. The fourth-order valence-electron chi connectivity index (χ4n) is 1.70. The Hall–Kier alpha value is -2.11. The first-order chi connectivity index (χ1) is 8.18. The van der Waals surface area contributed by atoms with Gasteiger partial charge in [0.25, 0.3) is 5.56 Å². The average Bonchev–Trinajstić information content (AvgIpc) is 2.75. The molecule has 2 rings (SSSR count). The van der Waals surface area contributed by atoms with Crippen molar-refractivity contribution in [3.63, 3.8) is 0 Å². The van der Waals surface area contributed by atoms with Gasteiger partial charge in [-0.2, -0.15) is 5.10 Å². The third kappa shape index (κ3) is 2.52. The maximum absolute atomic E-state index is 11.9. The van der Waals surface area contributed by atoms with Crippen LogP contribution in [0.2, 0.25) is 0 Å². The van der Waals surface area contributed by atoms with E-state index in [0.29, 0.717) is 24.9 Å². The van der Waals surface area contributed by atoms with Gasteiger partial charge in [0.2, 0.25) is 0 Å². The predicted molar refractivity (Wildman–Crippen MR) is 60.9 cm³/mol. The van der Waals surface area contributed by atoms with E-state index < -0.39 is 5.97 Å². The molecule has 0 amide bonds. The fourth-order valence-corrected chi connectivity index (χ4v) is 1.70. The number of unbranched alkanes of at least 4 members (excludes halogenated alkanes) is 1. The number of aliphatic carboxylic acids is 1. The second kappa shape index (κ2) is 4.82. The first kappa shape index (κ1) is 11.4. The van der Waals surface area contributed by atoms with Crippen LogP contribution in [0.1, 0.15) is 19.3 Å². The van der Waals surface area contributed by atoms with E-state index in [4.69, 9.17) is 5.11 Å². The van der Waals surface area contributed by atoms with Crippen molar-refractivity contribution in [2.24, 2.45) is 0 Å². The molecule has 0 fully saturated rings. The minimum absolute atomic E-state index is 0.0969. The minimum Gasteiger partial charge on any atom is -0.481 e. The van der Waals surface area contributed by atoms with Gasteiger partial charge in [-0.3, -0.25) is 9.59 Å². The van der Waals surface area contributed by atoms with E-state index in [-0.39, 0.29) is 12.0 Å². The quantitative estimate of drug-likeness (QED) is 0.776. The van der Waals surface area contributed by atoms with Gasteiger partial charge in [0, 0.05) is 25.4 Å². The molecule has 6 nitrogen and oxygen atoms in total. The number of fused-ring (bicyclic) bond motifs is 1. The lowest BCUT2D eigenvalue weighted by Gasteiger charge is -2.04. The highest BCUT2D eigenvalue weighted by Crippen LogP contribution is 1.99. The number of hydrogen-bond acceptors (Lipinski definition) is 3. The predicted octanol–water partition coefficient (Wildman–Crippen LogP) is 0.751. The van der Waals surface area contributed by atoms with E-state index in [0.717, 1.165) is 0 Å². The standard InChI is InChI=1S/C11H13N3O3/c15-10(16)3-1-2-6-13-7-8-14-9(11(13)17)4-5-12-14/h4-5,7-8H,1-3,6H2,(H,15,16). The molecule has 0 bridgehead atoms. The average molecular weight is 235 g/mol. The maximum Gasteiger partial charge on any atom is 0.303 e. The maximum atomic E-state index is 11.9. The molecule has 90 valence electrons. The number of hydrogen-bond donors (Lipinski definition) is 1. The zero-order chi connectivity index (χ0) is 12.3. The second-order valence-corrected chi connectivity index (χ2v) is 3.81. The molecule has 0 aliphatic carbocycles. The number of aromatic nitrogens is 3. The molecule has 0 radical (unpaired) electrons. The summed E-state index contributed by atoms with van der Waals surface area (Å²) in [6, 6.07) is 1.66. The molecule has 0 aliphatic rings. The van der Waals surface area contributed by atoms with Crippen molar-refractivity contribution in [3.05, 3.63) is 35.0 Å². The summed E-state index contributed by atoms with van der Waals surface area (Å²) in [5.41, 5.74) is 0.436. The van der Waals surface area contributed by atoms with Crippen molar-refractivity contribution < 1.29 is 9.90 Å². The Balaban J connectivity index is 2.06. The zero-order valence-electron chi connectivity index (χ0n) is 9.24. The summed E-state index contributed by atoms with van der Waals surface area (Å²) in [4.78, 5) is 22.2. The number of carboxylic acids is 1. The fraction of sp³-hybridized carbons (Fsp3) is 0.364. The first-order valence-electron chi connectivity index (χ1n) is 5.43. The Morgan fingerprint density at radius 3 is 2.94 bits per heavy atom. The van der Waals surface area contributed by atoms with Gasteiger partial charge >= 0.3 is 5.97 Å². The highest BCUT2D eigenvalue weighted by Gasteiger charge is 2.03. The number of carbonyl (C=O) groups is 1. The SMILES string of the molecule is O=C(O)CCCCn1ccn2nccc2c1=O. The van der Waals surface area contributed by atoms with Crippen LogP contribution in [-0.2, 0) is 11.3 Å². The summed E-state index contributed by atoms with van der Waals surface area (Å²) in [6.45, 7) is 0.536. The summed E-state index contributed by atoms with van der Waals surface area (Å²) in [6.07, 6.45) is 6.36. The van der Waals surface area contributed by atoms with Crippen molar-refractivity contribution in [1.82, 2.24) is 14.2 Å². The Labute approximate surface area is 97.1 Å². The van der Waals surface area contributed by atoms with E-state index in [9.17, 15) is 9.59 Å². The van der Waals surface area contributed by atoms with Crippen molar-refractivity contribution in [1.29, 1.82) is 0 Å². The van der Waals surface area contributed by atoms with Crippen LogP contribution in [0.4, 0.5) is 0 Å². The summed E-state index contributed by atoms with van der Waals surface area (Å²) in [7, 11) is 0. The van der Waals surface area contributed by atoms with E-state index in [1.165, 1.54) is 4.52 Å².